The van der Waals surface area contributed by atoms with E-state index in [2.05, 4.69) is 17.2 Å². The highest BCUT2D eigenvalue weighted by molar-refractivity contribution is 5.87. The Labute approximate surface area is 123 Å². The van der Waals surface area contributed by atoms with Crippen molar-refractivity contribution in [2.24, 2.45) is 5.92 Å². The van der Waals surface area contributed by atoms with Gasteiger partial charge in [-0.15, -0.1) is 0 Å². The van der Waals surface area contributed by atoms with E-state index in [-0.39, 0.29) is 5.91 Å². The number of urea groups is 1. The molecule has 0 aliphatic carbocycles. The second-order valence-corrected chi connectivity index (χ2v) is 5.05. The van der Waals surface area contributed by atoms with E-state index >= 15 is 0 Å². The summed E-state index contributed by atoms with van der Waals surface area (Å²) in [5.41, 5.74) is 1.64. The molecule has 1 saturated heterocycles. The number of benzene rings is 1. The van der Waals surface area contributed by atoms with E-state index in [1.165, 1.54) is 4.90 Å². The Morgan fingerprint density at radius 2 is 1.95 bits per heavy atom. The maximum absolute atomic E-state index is 12.3. The van der Waals surface area contributed by atoms with Gasteiger partial charge in [-0.2, -0.15) is 5.26 Å². The first-order valence-corrected chi connectivity index (χ1v) is 6.41. The molecule has 6 heteroatoms. The molecule has 0 bridgehead atoms. The lowest BCUT2D eigenvalue weighted by Crippen LogP contribution is -2.52. The fourth-order valence-corrected chi connectivity index (χ4v) is 2.30. The van der Waals surface area contributed by atoms with Crippen LogP contribution in [0.2, 0.25) is 0 Å². The van der Waals surface area contributed by atoms with Crippen molar-refractivity contribution in [1.82, 2.24) is 15.5 Å². The number of nitrogens with one attached hydrogen (secondary N) is 2. The zero-order chi connectivity index (χ0) is 15.6. The summed E-state index contributed by atoms with van der Waals surface area (Å²) in [6.45, 7) is 3.79. The van der Waals surface area contributed by atoms with Crippen molar-refractivity contribution >= 4 is 11.9 Å². The molecule has 1 aliphatic rings. The molecule has 2 rings (SSSR count). The van der Waals surface area contributed by atoms with Gasteiger partial charge in [-0.1, -0.05) is 18.7 Å². The van der Waals surface area contributed by atoms with Crippen molar-refractivity contribution < 1.29 is 9.59 Å². The van der Waals surface area contributed by atoms with E-state index in [9.17, 15) is 9.59 Å². The summed E-state index contributed by atoms with van der Waals surface area (Å²) in [6, 6.07) is 7.92. The maximum atomic E-state index is 12.3. The number of nitriles is 1. The molecule has 0 spiro atoms. The smallest absolute Gasteiger partial charge is 0.319 e. The molecule has 1 aliphatic heterocycles. The maximum Gasteiger partial charge on any atom is 0.319 e. The molecule has 0 unspecified atom stereocenters. The van der Waals surface area contributed by atoms with Gasteiger partial charge in [0.1, 0.15) is 5.92 Å². The van der Waals surface area contributed by atoms with Gasteiger partial charge in [0.05, 0.1) is 17.7 Å². The molecule has 1 aromatic carbocycles. The first kappa shape index (κ1) is 14.6. The summed E-state index contributed by atoms with van der Waals surface area (Å²) in [7, 11) is 3.31. The van der Waals surface area contributed by atoms with E-state index < -0.39 is 18.0 Å². The predicted octanol–water partition coefficient (Wildman–Crippen LogP) is 1.13. The third-order valence-electron chi connectivity index (χ3n) is 3.38. The van der Waals surface area contributed by atoms with Crippen molar-refractivity contribution in [2.75, 3.05) is 14.1 Å². The van der Waals surface area contributed by atoms with E-state index in [0.717, 1.165) is 5.56 Å². The van der Waals surface area contributed by atoms with Crippen molar-refractivity contribution in [3.05, 3.63) is 47.7 Å². The molecular weight excluding hydrogens is 268 g/mol. The molecule has 0 aromatic heterocycles. The molecule has 1 aromatic rings. The lowest BCUT2D eigenvalue weighted by atomic mass is 9.87. The molecule has 3 amide bonds. The number of nitrogens with zero attached hydrogens (tertiary/aromatic N) is 2. The summed E-state index contributed by atoms with van der Waals surface area (Å²) in [4.78, 5) is 25.5. The molecule has 21 heavy (non-hydrogen) atoms. The monoisotopic (exact) mass is 284 g/mol. The van der Waals surface area contributed by atoms with Gasteiger partial charge in [0, 0.05) is 19.8 Å². The standard InChI is InChI=1S/C15H16N4O2/c1-9-12(14(20)19(2)3)13(18-15(21)17-9)11-6-4-10(8-16)5-7-11/h4-7,12-13H,1H2,2-3H3,(H2,17,18,21)/t12-,13-/m0/s1. The highest BCUT2D eigenvalue weighted by Gasteiger charge is 2.38. The third-order valence-corrected chi connectivity index (χ3v) is 3.38. The molecule has 1 fully saturated rings. The Balaban J connectivity index is 2.39. The van der Waals surface area contributed by atoms with Crippen LogP contribution < -0.4 is 10.6 Å². The fraction of sp³-hybridized carbons (Fsp3) is 0.267. The third kappa shape index (κ3) is 2.87. The second kappa shape index (κ2) is 5.67. The van der Waals surface area contributed by atoms with Crippen molar-refractivity contribution in [1.29, 1.82) is 5.26 Å². The van der Waals surface area contributed by atoms with E-state index in [1.807, 2.05) is 6.07 Å². The lowest BCUT2D eigenvalue weighted by Gasteiger charge is -2.35. The van der Waals surface area contributed by atoms with Crippen molar-refractivity contribution in [2.45, 2.75) is 6.04 Å². The summed E-state index contributed by atoms with van der Waals surface area (Å²) in [5, 5.41) is 14.1. The van der Waals surface area contributed by atoms with Crippen molar-refractivity contribution in [3.63, 3.8) is 0 Å². The Morgan fingerprint density at radius 3 is 2.48 bits per heavy atom. The van der Waals surface area contributed by atoms with Crippen LogP contribution in [-0.2, 0) is 4.79 Å². The quantitative estimate of drug-likeness (QED) is 0.853. The molecule has 0 radical (unpaired) electrons. The summed E-state index contributed by atoms with van der Waals surface area (Å²) < 4.78 is 0. The lowest BCUT2D eigenvalue weighted by molar-refractivity contribution is -0.132. The highest BCUT2D eigenvalue weighted by atomic mass is 16.2. The molecule has 2 N–H and O–H groups in total. The van der Waals surface area contributed by atoms with Crippen LogP contribution in [0.3, 0.4) is 0 Å². The van der Waals surface area contributed by atoms with Gasteiger partial charge in [0.25, 0.3) is 0 Å². The first-order chi connectivity index (χ1) is 9.93. The minimum atomic E-state index is -0.592. The van der Waals surface area contributed by atoms with E-state index in [0.29, 0.717) is 11.3 Å². The van der Waals surface area contributed by atoms with Crippen molar-refractivity contribution in [3.8, 4) is 6.07 Å². The normalized spacial score (nSPS) is 21.0. The van der Waals surface area contributed by atoms with Gasteiger partial charge in [-0.25, -0.2) is 4.79 Å². The van der Waals surface area contributed by atoms with E-state index in [1.54, 1.807) is 38.4 Å². The van der Waals surface area contributed by atoms with E-state index in [4.69, 9.17) is 5.26 Å². The van der Waals surface area contributed by atoms with Crippen LogP contribution in [0.5, 0.6) is 0 Å². The number of carbonyl (C=O) groups excluding carboxylic acids is 2. The predicted molar refractivity (Wildman–Crippen MR) is 76.9 cm³/mol. The van der Waals surface area contributed by atoms with Crippen LogP contribution >= 0.6 is 0 Å². The number of hydrogen-bond donors (Lipinski definition) is 2. The number of hydrogen-bond acceptors (Lipinski definition) is 3. The molecule has 1 heterocycles. The summed E-state index contributed by atoms with van der Waals surface area (Å²) in [5.74, 6) is -0.743. The van der Waals surface area contributed by atoms with Gasteiger partial charge in [-0.3, -0.25) is 4.79 Å². The molecule has 2 atom stereocenters. The van der Waals surface area contributed by atoms with Crippen LogP contribution in [-0.4, -0.2) is 30.9 Å². The largest absolute Gasteiger partial charge is 0.348 e. The minimum absolute atomic E-state index is 0.151. The summed E-state index contributed by atoms with van der Waals surface area (Å²) in [6.07, 6.45) is 0. The van der Waals surface area contributed by atoms with Gasteiger partial charge < -0.3 is 15.5 Å². The molecule has 108 valence electrons. The topological polar surface area (TPSA) is 85.2 Å². The second-order valence-electron chi connectivity index (χ2n) is 5.05. The van der Waals surface area contributed by atoms with Crippen LogP contribution in [0.1, 0.15) is 17.2 Å². The average molecular weight is 284 g/mol. The van der Waals surface area contributed by atoms with Gasteiger partial charge in [0.2, 0.25) is 5.91 Å². The number of carbonyl (C=O) groups is 2. The molecule has 6 nitrogen and oxygen atoms in total. The summed E-state index contributed by atoms with van der Waals surface area (Å²) >= 11 is 0. The Bertz CT molecular complexity index is 628. The zero-order valence-electron chi connectivity index (χ0n) is 11.9. The zero-order valence-corrected chi connectivity index (χ0v) is 11.9. The highest BCUT2D eigenvalue weighted by Crippen LogP contribution is 2.30. The SMILES string of the molecule is C=C1NC(=O)N[C@@H](c2ccc(C#N)cc2)[C@H]1C(=O)N(C)C. The average Bonchev–Trinajstić information content (AvgIpc) is 2.46. The van der Waals surface area contributed by atoms with Crippen LogP contribution in [0, 0.1) is 17.2 Å². The van der Waals surface area contributed by atoms with Gasteiger partial charge in [0.15, 0.2) is 0 Å². The van der Waals surface area contributed by atoms with Crippen LogP contribution in [0.25, 0.3) is 0 Å². The van der Waals surface area contributed by atoms with Crippen LogP contribution in [0.4, 0.5) is 4.79 Å². The molecule has 0 saturated carbocycles. The molecular formula is C15H16N4O2. The van der Waals surface area contributed by atoms with Crippen LogP contribution in [0.15, 0.2) is 36.5 Å². The number of amides is 3. The fourth-order valence-electron chi connectivity index (χ4n) is 2.30. The Kier molecular flexibility index (Phi) is 3.94. The Morgan fingerprint density at radius 1 is 1.33 bits per heavy atom. The first-order valence-electron chi connectivity index (χ1n) is 6.41. The van der Waals surface area contributed by atoms with Gasteiger partial charge in [-0.05, 0) is 17.7 Å². The Hall–Kier alpha value is -2.81. The number of rotatable bonds is 2. The van der Waals surface area contributed by atoms with Gasteiger partial charge >= 0.3 is 6.03 Å². The minimum Gasteiger partial charge on any atom is -0.348 e.